The lowest BCUT2D eigenvalue weighted by atomic mass is 9.86. The number of hydrogen-bond donors (Lipinski definition) is 2. The summed E-state index contributed by atoms with van der Waals surface area (Å²) < 4.78 is 5.38. The maximum Gasteiger partial charge on any atom is 0.341 e. The predicted octanol–water partition coefficient (Wildman–Crippen LogP) is 5.45. The molecule has 6 heteroatoms. The highest BCUT2D eigenvalue weighted by molar-refractivity contribution is 7.80. The third-order valence-electron chi connectivity index (χ3n) is 5.81. The Balaban J connectivity index is 1.79. The van der Waals surface area contributed by atoms with Gasteiger partial charge in [-0.2, -0.15) is 0 Å². The third kappa shape index (κ3) is 5.23. The number of fused-ring (bicyclic) bond motifs is 1. The van der Waals surface area contributed by atoms with Gasteiger partial charge in [0.2, 0.25) is 0 Å². The first-order valence-electron chi connectivity index (χ1n) is 10.5. The van der Waals surface area contributed by atoms with E-state index in [1.807, 2.05) is 6.92 Å². The van der Waals surface area contributed by atoms with Gasteiger partial charge >= 0.3 is 5.97 Å². The second-order valence-electron chi connectivity index (χ2n) is 7.81. The summed E-state index contributed by atoms with van der Waals surface area (Å²) in [5.74, 6) is 0.415. The van der Waals surface area contributed by atoms with E-state index < -0.39 is 0 Å². The Hall–Kier alpha value is -1.14. The number of carbonyl (C=O) groups excluding carboxylic acids is 1. The molecule has 27 heavy (non-hydrogen) atoms. The van der Waals surface area contributed by atoms with E-state index in [9.17, 15) is 4.79 Å². The number of thiophene rings is 1. The Bertz CT molecular complexity index is 671. The predicted molar refractivity (Wildman–Crippen MR) is 117 cm³/mol. The highest BCUT2D eigenvalue weighted by Gasteiger charge is 2.27. The molecule has 0 amide bonds. The lowest BCUT2D eigenvalue weighted by Crippen LogP contribution is -2.43. The Kier molecular flexibility index (Phi) is 7.53. The molecule has 2 atom stereocenters. The van der Waals surface area contributed by atoms with Gasteiger partial charge in [0.15, 0.2) is 5.11 Å². The van der Waals surface area contributed by atoms with Crippen molar-refractivity contribution in [1.29, 1.82) is 0 Å². The second-order valence-corrected chi connectivity index (χ2v) is 9.32. The quantitative estimate of drug-likeness (QED) is 0.512. The highest BCUT2D eigenvalue weighted by Crippen LogP contribution is 2.37. The minimum Gasteiger partial charge on any atom is -0.462 e. The minimum absolute atomic E-state index is 0.216. The summed E-state index contributed by atoms with van der Waals surface area (Å²) in [5, 5.41) is 8.34. The topological polar surface area (TPSA) is 50.4 Å². The van der Waals surface area contributed by atoms with Crippen LogP contribution in [0.15, 0.2) is 0 Å². The van der Waals surface area contributed by atoms with E-state index in [2.05, 4.69) is 17.6 Å². The number of thiocarbonyl (C=S) groups is 1. The van der Waals surface area contributed by atoms with Crippen molar-refractivity contribution < 1.29 is 9.53 Å². The number of anilines is 1. The van der Waals surface area contributed by atoms with Gasteiger partial charge in [-0.3, -0.25) is 0 Å². The molecule has 1 heterocycles. The Morgan fingerprint density at radius 1 is 1.15 bits per heavy atom. The van der Waals surface area contributed by atoms with Gasteiger partial charge in [0.1, 0.15) is 5.00 Å². The van der Waals surface area contributed by atoms with Crippen LogP contribution in [0.25, 0.3) is 0 Å². The second kappa shape index (κ2) is 9.87. The molecule has 1 aromatic rings. The average Bonchev–Trinajstić information content (AvgIpc) is 2.93. The fourth-order valence-electron chi connectivity index (χ4n) is 4.26. The molecule has 1 fully saturated rings. The van der Waals surface area contributed by atoms with Crippen LogP contribution >= 0.6 is 23.6 Å². The van der Waals surface area contributed by atoms with E-state index in [4.69, 9.17) is 17.0 Å². The highest BCUT2D eigenvalue weighted by atomic mass is 32.1. The average molecular weight is 409 g/mol. The Morgan fingerprint density at radius 2 is 1.89 bits per heavy atom. The van der Waals surface area contributed by atoms with Gasteiger partial charge in [-0.15, -0.1) is 11.3 Å². The van der Waals surface area contributed by atoms with Crippen LogP contribution in [-0.4, -0.2) is 23.7 Å². The van der Waals surface area contributed by atoms with Gasteiger partial charge in [-0.05, 0) is 69.1 Å². The van der Waals surface area contributed by atoms with Crippen molar-refractivity contribution in [2.75, 3.05) is 11.9 Å². The van der Waals surface area contributed by atoms with Gasteiger partial charge in [-0.1, -0.05) is 32.6 Å². The van der Waals surface area contributed by atoms with Crippen molar-refractivity contribution in [3.63, 3.8) is 0 Å². The molecule has 2 aliphatic rings. The summed E-state index contributed by atoms with van der Waals surface area (Å²) in [6.07, 6.45) is 11.8. The van der Waals surface area contributed by atoms with E-state index in [1.165, 1.54) is 49.0 Å². The molecule has 0 aliphatic heterocycles. The molecule has 0 radical (unpaired) electrons. The zero-order chi connectivity index (χ0) is 19.2. The molecule has 2 unspecified atom stereocenters. The standard InChI is InChI=1S/C21H32N2O2S2/c1-3-25-20(24)18-15-11-6-4-5-7-13-17(15)27-19(18)23-21(26)22-16-12-9-8-10-14(16)2/h14,16H,3-13H2,1-2H3,(H2,22,23,26). The fraction of sp³-hybridized carbons (Fsp3) is 0.714. The summed E-state index contributed by atoms with van der Waals surface area (Å²) in [4.78, 5) is 14.0. The molecule has 1 saturated carbocycles. The van der Waals surface area contributed by atoms with Crippen molar-refractivity contribution >= 4 is 39.6 Å². The molecular weight excluding hydrogens is 376 g/mol. The van der Waals surface area contributed by atoms with Crippen LogP contribution in [-0.2, 0) is 17.6 Å². The van der Waals surface area contributed by atoms with Gasteiger partial charge in [0, 0.05) is 10.9 Å². The lowest BCUT2D eigenvalue weighted by molar-refractivity contribution is 0.0526. The first-order chi connectivity index (χ1) is 13.1. The van der Waals surface area contributed by atoms with Gasteiger partial charge in [-0.25, -0.2) is 4.79 Å². The van der Waals surface area contributed by atoms with Crippen LogP contribution in [0, 0.1) is 5.92 Å². The molecule has 2 N–H and O–H groups in total. The van der Waals surface area contributed by atoms with Crippen LogP contribution in [0.3, 0.4) is 0 Å². The lowest BCUT2D eigenvalue weighted by Gasteiger charge is -2.30. The van der Waals surface area contributed by atoms with Crippen LogP contribution in [0.4, 0.5) is 5.00 Å². The number of rotatable bonds is 4. The van der Waals surface area contributed by atoms with Crippen LogP contribution < -0.4 is 10.6 Å². The van der Waals surface area contributed by atoms with E-state index in [0.717, 1.165) is 36.2 Å². The molecular formula is C21H32N2O2S2. The zero-order valence-corrected chi connectivity index (χ0v) is 18.2. The first kappa shape index (κ1) is 20.6. The largest absolute Gasteiger partial charge is 0.462 e. The summed E-state index contributed by atoms with van der Waals surface area (Å²) in [6.45, 7) is 4.54. The van der Waals surface area contributed by atoms with Crippen molar-refractivity contribution in [2.45, 2.75) is 84.1 Å². The van der Waals surface area contributed by atoms with Gasteiger partial charge < -0.3 is 15.4 Å². The van der Waals surface area contributed by atoms with Gasteiger partial charge in [0.05, 0.1) is 12.2 Å². The summed E-state index contributed by atoms with van der Waals surface area (Å²) in [6, 6.07) is 0.422. The summed E-state index contributed by atoms with van der Waals surface area (Å²) >= 11 is 7.30. The van der Waals surface area contributed by atoms with E-state index in [1.54, 1.807) is 11.3 Å². The van der Waals surface area contributed by atoms with Gasteiger partial charge in [0.25, 0.3) is 0 Å². The number of aryl methyl sites for hydroxylation is 1. The smallest absolute Gasteiger partial charge is 0.341 e. The molecule has 2 aliphatic carbocycles. The minimum atomic E-state index is -0.216. The van der Waals surface area contributed by atoms with E-state index in [-0.39, 0.29) is 5.97 Å². The van der Waals surface area contributed by atoms with Crippen molar-refractivity contribution in [3.05, 3.63) is 16.0 Å². The number of hydrogen-bond acceptors (Lipinski definition) is 4. The molecule has 1 aromatic heterocycles. The van der Waals surface area contributed by atoms with Crippen LogP contribution in [0.5, 0.6) is 0 Å². The van der Waals surface area contributed by atoms with E-state index >= 15 is 0 Å². The zero-order valence-electron chi connectivity index (χ0n) is 16.6. The van der Waals surface area contributed by atoms with Crippen LogP contribution in [0.1, 0.15) is 86.0 Å². The normalized spacial score (nSPS) is 22.9. The SMILES string of the molecule is CCOC(=O)c1c(NC(=S)NC2CCCCC2C)sc2c1CCCCCC2. The summed E-state index contributed by atoms with van der Waals surface area (Å²) in [7, 11) is 0. The third-order valence-corrected chi connectivity index (χ3v) is 7.23. The molecule has 4 nitrogen and oxygen atoms in total. The monoisotopic (exact) mass is 408 g/mol. The molecule has 0 saturated heterocycles. The number of ether oxygens (including phenoxy) is 1. The Labute approximate surface area is 172 Å². The van der Waals surface area contributed by atoms with Crippen LogP contribution in [0.2, 0.25) is 0 Å². The van der Waals surface area contributed by atoms with Crippen molar-refractivity contribution in [2.24, 2.45) is 5.92 Å². The molecule has 3 rings (SSSR count). The first-order valence-corrected chi connectivity index (χ1v) is 11.7. The maximum atomic E-state index is 12.7. The van der Waals surface area contributed by atoms with E-state index in [0.29, 0.717) is 23.7 Å². The number of nitrogens with one attached hydrogen (secondary N) is 2. The number of esters is 1. The maximum absolute atomic E-state index is 12.7. The summed E-state index contributed by atoms with van der Waals surface area (Å²) in [5.41, 5.74) is 1.91. The Morgan fingerprint density at radius 3 is 2.63 bits per heavy atom. The molecule has 150 valence electrons. The number of carbonyl (C=O) groups is 1. The van der Waals surface area contributed by atoms with Crippen molar-refractivity contribution in [1.82, 2.24) is 5.32 Å². The fourth-order valence-corrected chi connectivity index (χ4v) is 5.86. The molecule has 0 aromatic carbocycles. The molecule has 0 bridgehead atoms. The van der Waals surface area contributed by atoms with Crippen molar-refractivity contribution in [3.8, 4) is 0 Å². The molecule has 0 spiro atoms.